The van der Waals surface area contributed by atoms with E-state index in [-0.39, 0.29) is 21.2 Å². The number of carbonyl (C=O) groups is 1. The van der Waals surface area contributed by atoms with Crippen LogP contribution < -0.4 is 4.72 Å². The van der Waals surface area contributed by atoms with E-state index in [1.165, 1.54) is 30.3 Å². The Morgan fingerprint density at radius 3 is 2.52 bits per heavy atom. The molecule has 110 valence electrons. The molecule has 2 rings (SSSR count). The fourth-order valence-electron chi connectivity index (χ4n) is 1.57. The average molecular weight is 330 g/mol. The first kappa shape index (κ1) is 15.3. The Bertz CT molecular complexity index is 808. The van der Waals surface area contributed by atoms with Gasteiger partial charge in [-0.1, -0.05) is 17.7 Å². The van der Waals surface area contributed by atoms with Gasteiger partial charge in [0.1, 0.15) is 5.82 Å². The van der Waals surface area contributed by atoms with Gasteiger partial charge in [-0.25, -0.2) is 17.6 Å². The summed E-state index contributed by atoms with van der Waals surface area (Å²) in [6.45, 7) is 0. The zero-order chi connectivity index (χ0) is 15.6. The molecule has 0 aromatic heterocycles. The lowest BCUT2D eigenvalue weighted by molar-refractivity contribution is 0.0696. The summed E-state index contributed by atoms with van der Waals surface area (Å²) in [5.41, 5.74) is -0.463. The highest BCUT2D eigenvalue weighted by Crippen LogP contribution is 2.22. The number of sulfonamides is 1. The molecular formula is C13H9ClFNO4S. The van der Waals surface area contributed by atoms with Crippen molar-refractivity contribution >= 4 is 33.3 Å². The zero-order valence-electron chi connectivity index (χ0n) is 10.4. The first-order valence-electron chi connectivity index (χ1n) is 5.61. The molecule has 21 heavy (non-hydrogen) atoms. The van der Waals surface area contributed by atoms with E-state index >= 15 is 0 Å². The molecule has 0 unspecified atom stereocenters. The van der Waals surface area contributed by atoms with Crippen molar-refractivity contribution in [3.63, 3.8) is 0 Å². The molecular weight excluding hydrogens is 321 g/mol. The first-order chi connectivity index (χ1) is 9.79. The Kier molecular flexibility index (Phi) is 4.15. The molecule has 0 heterocycles. The Labute approximate surface area is 125 Å². The highest BCUT2D eigenvalue weighted by molar-refractivity contribution is 7.92. The van der Waals surface area contributed by atoms with Crippen LogP contribution in [0.25, 0.3) is 0 Å². The molecule has 0 saturated carbocycles. The van der Waals surface area contributed by atoms with Crippen molar-refractivity contribution in [2.45, 2.75) is 4.90 Å². The van der Waals surface area contributed by atoms with Crippen LogP contribution in [0.1, 0.15) is 10.4 Å². The molecule has 2 aromatic rings. The molecule has 0 spiro atoms. The van der Waals surface area contributed by atoms with Crippen LogP contribution in [0.2, 0.25) is 5.02 Å². The van der Waals surface area contributed by atoms with E-state index in [1.807, 2.05) is 4.72 Å². The summed E-state index contributed by atoms with van der Waals surface area (Å²) in [5.74, 6) is -2.09. The van der Waals surface area contributed by atoms with Gasteiger partial charge < -0.3 is 5.11 Å². The van der Waals surface area contributed by atoms with Crippen LogP contribution in [-0.4, -0.2) is 19.5 Å². The summed E-state index contributed by atoms with van der Waals surface area (Å²) in [6, 6.07) is 8.21. The van der Waals surface area contributed by atoms with E-state index in [2.05, 4.69) is 0 Å². The lowest BCUT2D eigenvalue weighted by Crippen LogP contribution is -2.14. The number of halogens is 2. The summed E-state index contributed by atoms with van der Waals surface area (Å²) in [6.07, 6.45) is 0. The third kappa shape index (κ3) is 3.50. The van der Waals surface area contributed by atoms with E-state index in [4.69, 9.17) is 16.7 Å². The highest BCUT2D eigenvalue weighted by atomic mass is 35.5. The van der Waals surface area contributed by atoms with E-state index < -0.39 is 21.8 Å². The minimum Gasteiger partial charge on any atom is -0.478 e. The van der Waals surface area contributed by atoms with Crippen LogP contribution in [0, 0.1) is 5.82 Å². The Hall–Kier alpha value is -2.12. The van der Waals surface area contributed by atoms with Crippen LogP contribution >= 0.6 is 11.6 Å². The topological polar surface area (TPSA) is 83.5 Å². The molecule has 0 aliphatic rings. The molecule has 0 atom stereocenters. The van der Waals surface area contributed by atoms with Gasteiger partial charge in [0, 0.05) is 5.02 Å². The fraction of sp³-hybridized carbons (Fsp3) is 0. The molecule has 0 aliphatic heterocycles. The minimum absolute atomic E-state index is 0.128. The monoisotopic (exact) mass is 329 g/mol. The SMILES string of the molecule is O=C(O)c1cccc(S(=O)(=O)Nc2ccc(Cl)cc2F)c1. The van der Waals surface area contributed by atoms with Crippen molar-refractivity contribution in [3.05, 3.63) is 58.9 Å². The van der Waals surface area contributed by atoms with Gasteiger partial charge in [0.25, 0.3) is 10.0 Å². The predicted octanol–water partition coefficient (Wildman–Crippen LogP) is 2.98. The van der Waals surface area contributed by atoms with Gasteiger partial charge in [0.2, 0.25) is 0 Å². The number of rotatable bonds is 4. The van der Waals surface area contributed by atoms with E-state index in [0.29, 0.717) is 0 Å². The van der Waals surface area contributed by atoms with Crippen molar-refractivity contribution < 1.29 is 22.7 Å². The second-order valence-corrected chi connectivity index (χ2v) is 6.18. The molecule has 8 heteroatoms. The van der Waals surface area contributed by atoms with E-state index in [1.54, 1.807) is 0 Å². The smallest absolute Gasteiger partial charge is 0.335 e. The van der Waals surface area contributed by atoms with Gasteiger partial charge in [0.15, 0.2) is 0 Å². The van der Waals surface area contributed by atoms with Gasteiger partial charge >= 0.3 is 5.97 Å². The third-order valence-corrected chi connectivity index (χ3v) is 4.17. The number of carboxylic acids is 1. The number of carboxylic acid groups (broad SMARTS) is 1. The van der Waals surface area contributed by atoms with Crippen LogP contribution in [0.5, 0.6) is 0 Å². The summed E-state index contributed by atoms with van der Waals surface area (Å²) < 4.78 is 39.9. The molecule has 5 nitrogen and oxygen atoms in total. The minimum atomic E-state index is -4.10. The van der Waals surface area contributed by atoms with Gasteiger partial charge in [-0.15, -0.1) is 0 Å². The number of anilines is 1. The van der Waals surface area contributed by atoms with Crippen molar-refractivity contribution in [2.75, 3.05) is 4.72 Å². The molecule has 0 aliphatic carbocycles. The summed E-state index contributed by atoms with van der Waals surface area (Å²) >= 11 is 5.58. The number of hydrogen-bond donors (Lipinski definition) is 2. The summed E-state index contributed by atoms with van der Waals surface area (Å²) in [5, 5.41) is 8.98. The lowest BCUT2D eigenvalue weighted by Gasteiger charge is -2.09. The zero-order valence-corrected chi connectivity index (χ0v) is 12.0. The third-order valence-electron chi connectivity index (χ3n) is 2.57. The van der Waals surface area contributed by atoms with E-state index in [0.717, 1.165) is 12.1 Å². The van der Waals surface area contributed by atoms with Crippen molar-refractivity contribution in [1.29, 1.82) is 0 Å². The van der Waals surface area contributed by atoms with Gasteiger partial charge in [-0.3, -0.25) is 4.72 Å². The normalized spacial score (nSPS) is 11.1. The molecule has 0 bridgehead atoms. The number of aromatic carboxylic acids is 1. The number of hydrogen-bond acceptors (Lipinski definition) is 3. The van der Waals surface area contributed by atoms with Gasteiger partial charge in [0.05, 0.1) is 16.1 Å². The molecule has 0 amide bonds. The maximum Gasteiger partial charge on any atom is 0.335 e. The average Bonchev–Trinajstić information content (AvgIpc) is 2.42. The van der Waals surface area contributed by atoms with Crippen molar-refractivity contribution in [3.8, 4) is 0 Å². The quantitative estimate of drug-likeness (QED) is 0.903. The fourth-order valence-corrected chi connectivity index (χ4v) is 2.84. The Morgan fingerprint density at radius 2 is 1.90 bits per heavy atom. The van der Waals surface area contributed by atoms with Gasteiger partial charge in [-0.05, 0) is 36.4 Å². The first-order valence-corrected chi connectivity index (χ1v) is 7.47. The molecule has 2 N–H and O–H groups in total. The highest BCUT2D eigenvalue weighted by Gasteiger charge is 2.18. The van der Waals surface area contributed by atoms with Crippen LogP contribution in [0.15, 0.2) is 47.4 Å². The lowest BCUT2D eigenvalue weighted by atomic mass is 10.2. The number of benzene rings is 2. The standard InChI is InChI=1S/C13H9ClFNO4S/c14-9-4-5-12(11(15)7-9)16-21(19,20)10-3-1-2-8(6-10)13(17)18/h1-7,16H,(H,17,18). The predicted molar refractivity (Wildman–Crippen MR) is 75.6 cm³/mol. The second-order valence-electron chi connectivity index (χ2n) is 4.06. The molecule has 0 radical (unpaired) electrons. The second kappa shape index (κ2) is 5.71. The Morgan fingerprint density at radius 1 is 1.19 bits per heavy atom. The van der Waals surface area contributed by atoms with Crippen LogP contribution in [0.4, 0.5) is 10.1 Å². The van der Waals surface area contributed by atoms with Crippen LogP contribution in [-0.2, 0) is 10.0 Å². The summed E-state index contributed by atoms with van der Waals surface area (Å²) in [4.78, 5) is 10.6. The van der Waals surface area contributed by atoms with Crippen molar-refractivity contribution in [1.82, 2.24) is 0 Å². The van der Waals surface area contributed by atoms with E-state index in [9.17, 15) is 17.6 Å². The van der Waals surface area contributed by atoms with Crippen LogP contribution in [0.3, 0.4) is 0 Å². The molecule has 2 aromatic carbocycles. The summed E-state index contributed by atoms with van der Waals surface area (Å²) in [7, 11) is -4.10. The largest absolute Gasteiger partial charge is 0.478 e. The van der Waals surface area contributed by atoms with Gasteiger partial charge in [-0.2, -0.15) is 0 Å². The van der Waals surface area contributed by atoms with Crippen molar-refractivity contribution in [2.24, 2.45) is 0 Å². The maximum absolute atomic E-state index is 13.6. The Balaban J connectivity index is 2.38. The molecule has 0 fully saturated rings. The maximum atomic E-state index is 13.6. The number of nitrogens with one attached hydrogen (secondary N) is 1. The molecule has 0 saturated heterocycles.